The van der Waals surface area contributed by atoms with Gasteiger partial charge in [-0.25, -0.2) is 13.1 Å². The fourth-order valence-electron chi connectivity index (χ4n) is 2.24. The van der Waals surface area contributed by atoms with E-state index in [0.29, 0.717) is 19.5 Å². The first-order chi connectivity index (χ1) is 10.4. The largest absolute Gasteiger partial charge is 0.356 e. The molecular weight excluding hydrogens is 300 g/mol. The van der Waals surface area contributed by atoms with Crippen molar-refractivity contribution >= 4 is 15.9 Å². The average molecular weight is 326 g/mol. The van der Waals surface area contributed by atoms with Crippen LogP contribution in [0.15, 0.2) is 29.2 Å². The zero-order valence-corrected chi connectivity index (χ0v) is 14.4. The quantitative estimate of drug-likeness (QED) is 0.729. The number of hydrogen-bond donors (Lipinski definition) is 2. The van der Waals surface area contributed by atoms with Crippen LogP contribution in [0.2, 0.25) is 0 Å². The second-order valence-corrected chi connectivity index (χ2v) is 6.97. The van der Waals surface area contributed by atoms with Crippen molar-refractivity contribution < 1.29 is 13.2 Å². The Bertz CT molecular complexity index is 564. The number of nitrogens with one attached hydrogen (secondary N) is 2. The molecule has 1 rings (SSSR count). The molecule has 1 aromatic rings. The van der Waals surface area contributed by atoms with Crippen molar-refractivity contribution in [1.82, 2.24) is 10.0 Å². The standard InChI is InChI=1S/C16H26N2O3S/c1-4-14(5-2)16(19)17-12-11-13-7-9-15(10-8-13)22(20,21)18-6-3/h7-10,14,18H,4-6,11-12H2,1-3H3,(H,17,19). The predicted octanol–water partition coefficient (Wildman–Crippen LogP) is 2.08. The lowest BCUT2D eigenvalue weighted by Gasteiger charge is -2.12. The van der Waals surface area contributed by atoms with Crippen molar-refractivity contribution in [1.29, 1.82) is 0 Å². The Morgan fingerprint density at radius 1 is 1.09 bits per heavy atom. The number of carbonyl (C=O) groups excluding carboxylic acids is 1. The van der Waals surface area contributed by atoms with Gasteiger partial charge in [0.1, 0.15) is 0 Å². The zero-order valence-electron chi connectivity index (χ0n) is 13.6. The third kappa shape index (κ3) is 5.42. The molecule has 0 atom stereocenters. The summed E-state index contributed by atoms with van der Waals surface area (Å²) in [5.41, 5.74) is 1.00. The molecule has 2 N–H and O–H groups in total. The number of carbonyl (C=O) groups is 1. The van der Waals surface area contributed by atoms with Crippen molar-refractivity contribution in [2.24, 2.45) is 5.92 Å². The number of hydrogen-bond acceptors (Lipinski definition) is 3. The summed E-state index contributed by atoms with van der Waals surface area (Å²) in [7, 11) is -3.40. The van der Waals surface area contributed by atoms with E-state index in [2.05, 4.69) is 10.0 Å². The lowest BCUT2D eigenvalue weighted by atomic mass is 10.0. The summed E-state index contributed by atoms with van der Waals surface area (Å²) in [6.45, 7) is 6.70. The molecule has 0 saturated carbocycles. The van der Waals surface area contributed by atoms with Gasteiger partial charge >= 0.3 is 0 Å². The molecule has 0 fully saturated rings. The minimum atomic E-state index is -3.40. The Hall–Kier alpha value is -1.40. The summed E-state index contributed by atoms with van der Waals surface area (Å²) in [5.74, 6) is 0.170. The highest BCUT2D eigenvalue weighted by molar-refractivity contribution is 7.89. The van der Waals surface area contributed by atoms with Gasteiger partial charge in [-0.1, -0.05) is 32.9 Å². The van der Waals surface area contributed by atoms with Crippen molar-refractivity contribution in [3.8, 4) is 0 Å². The fourth-order valence-corrected chi connectivity index (χ4v) is 3.28. The Kier molecular flexibility index (Phi) is 7.55. The zero-order chi connectivity index (χ0) is 16.6. The summed E-state index contributed by atoms with van der Waals surface area (Å²) in [6, 6.07) is 6.76. The normalized spacial score (nSPS) is 11.6. The second-order valence-electron chi connectivity index (χ2n) is 5.20. The van der Waals surface area contributed by atoms with Gasteiger partial charge in [0.25, 0.3) is 0 Å². The minimum Gasteiger partial charge on any atom is -0.356 e. The van der Waals surface area contributed by atoms with Gasteiger partial charge in [-0.15, -0.1) is 0 Å². The number of benzene rings is 1. The van der Waals surface area contributed by atoms with Crippen LogP contribution in [0.25, 0.3) is 0 Å². The van der Waals surface area contributed by atoms with Gasteiger partial charge in [0.05, 0.1) is 4.90 Å². The summed E-state index contributed by atoms with van der Waals surface area (Å²) in [5, 5.41) is 2.93. The van der Waals surface area contributed by atoms with Crippen LogP contribution in [0.1, 0.15) is 39.2 Å². The molecule has 5 nitrogen and oxygen atoms in total. The van der Waals surface area contributed by atoms with Crippen LogP contribution in [-0.4, -0.2) is 27.4 Å². The van der Waals surface area contributed by atoms with Crippen molar-refractivity contribution in [3.63, 3.8) is 0 Å². The molecule has 0 radical (unpaired) electrons. The van der Waals surface area contributed by atoms with Gasteiger partial charge in [0.2, 0.25) is 15.9 Å². The minimum absolute atomic E-state index is 0.0765. The summed E-state index contributed by atoms with van der Waals surface area (Å²) in [6.07, 6.45) is 2.38. The monoisotopic (exact) mass is 326 g/mol. The van der Waals surface area contributed by atoms with E-state index in [4.69, 9.17) is 0 Å². The maximum atomic E-state index is 11.9. The molecule has 0 aliphatic rings. The molecule has 0 aromatic heterocycles. The van der Waals surface area contributed by atoms with Crippen LogP contribution >= 0.6 is 0 Å². The molecule has 0 aliphatic heterocycles. The predicted molar refractivity (Wildman–Crippen MR) is 88.1 cm³/mol. The number of sulfonamides is 1. The van der Waals surface area contributed by atoms with E-state index in [1.807, 2.05) is 13.8 Å². The molecule has 0 saturated heterocycles. The summed E-state index contributed by atoms with van der Waals surface area (Å²) >= 11 is 0. The van der Waals surface area contributed by atoms with E-state index in [-0.39, 0.29) is 16.7 Å². The first-order valence-electron chi connectivity index (χ1n) is 7.80. The molecule has 22 heavy (non-hydrogen) atoms. The van der Waals surface area contributed by atoms with E-state index < -0.39 is 10.0 Å². The molecule has 6 heteroatoms. The molecule has 0 aliphatic carbocycles. The van der Waals surface area contributed by atoms with Crippen molar-refractivity contribution in [2.45, 2.75) is 44.9 Å². The van der Waals surface area contributed by atoms with E-state index in [1.165, 1.54) is 0 Å². The van der Waals surface area contributed by atoms with Crippen LogP contribution < -0.4 is 10.0 Å². The lowest BCUT2D eigenvalue weighted by molar-refractivity contribution is -0.125. The number of amides is 1. The van der Waals surface area contributed by atoms with Gasteiger partial charge in [0.15, 0.2) is 0 Å². The Morgan fingerprint density at radius 3 is 2.18 bits per heavy atom. The first-order valence-corrected chi connectivity index (χ1v) is 9.29. The molecule has 0 unspecified atom stereocenters. The van der Waals surface area contributed by atoms with Crippen LogP contribution in [0.4, 0.5) is 0 Å². The third-order valence-corrected chi connectivity index (χ3v) is 5.20. The van der Waals surface area contributed by atoms with Gasteiger partial charge in [-0.05, 0) is 37.0 Å². The lowest BCUT2D eigenvalue weighted by Crippen LogP contribution is -2.31. The Balaban J connectivity index is 2.54. The topological polar surface area (TPSA) is 75.3 Å². The Labute approximate surface area is 133 Å². The number of rotatable bonds is 9. The maximum Gasteiger partial charge on any atom is 0.240 e. The molecule has 1 amide bonds. The van der Waals surface area contributed by atoms with Crippen LogP contribution in [0.3, 0.4) is 0 Å². The maximum absolute atomic E-state index is 11.9. The van der Waals surface area contributed by atoms with Gasteiger partial charge in [-0.3, -0.25) is 4.79 Å². The second kappa shape index (κ2) is 8.90. The molecule has 124 valence electrons. The molecule has 0 bridgehead atoms. The first kappa shape index (κ1) is 18.6. The highest BCUT2D eigenvalue weighted by Gasteiger charge is 2.14. The van der Waals surface area contributed by atoms with Crippen LogP contribution in [-0.2, 0) is 21.2 Å². The van der Waals surface area contributed by atoms with E-state index in [1.54, 1.807) is 31.2 Å². The highest BCUT2D eigenvalue weighted by Crippen LogP contribution is 2.11. The van der Waals surface area contributed by atoms with Crippen LogP contribution in [0, 0.1) is 5.92 Å². The van der Waals surface area contributed by atoms with E-state index in [9.17, 15) is 13.2 Å². The summed E-state index contributed by atoms with van der Waals surface area (Å²) < 4.78 is 26.1. The van der Waals surface area contributed by atoms with E-state index >= 15 is 0 Å². The Morgan fingerprint density at radius 2 is 1.68 bits per heavy atom. The van der Waals surface area contributed by atoms with Gasteiger partial charge in [-0.2, -0.15) is 0 Å². The van der Waals surface area contributed by atoms with Gasteiger partial charge < -0.3 is 5.32 Å². The third-order valence-electron chi connectivity index (χ3n) is 3.64. The van der Waals surface area contributed by atoms with Gasteiger partial charge in [0, 0.05) is 19.0 Å². The molecular formula is C16H26N2O3S. The molecule has 0 heterocycles. The SMILES string of the molecule is CCNS(=O)(=O)c1ccc(CCNC(=O)C(CC)CC)cc1. The summed E-state index contributed by atoms with van der Waals surface area (Å²) in [4.78, 5) is 12.1. The average Bonchev–Trinajstić information content (AvgIpc) is 2.49. The molecule has 1 aromatic carbocycles. The fraction of sp³-hybridized carbons (Fsp3) is 0.562. The highest BCUT2D eigenvalue weighted by atomic mass is 32.2. The smallest absolute Gasteiger partial charge is 0.240 e. The van der Waals surface area contributed by atoms with Crippen molar-refractivity contribution in [3.05, 3.63) is 29.8 Å². The van der Waals surface area contributed by atoms with Crippen LogP contribution in [0.5, 0.6) is 0 Å². The molecule has 0 spiro atoms. The van der Waals surface area contributed by atoms with E-state index in [0.717, 1.165) is 18.4 Å². The van der Waals surface area contributed by atoms with Crippen molar-refractivity contribution in [2.75, 3.05) is 13.1 Å².